The minimum atomic E-state index is -2.81. The molecule has 29 heavy (non-hydrogen) atoms. The summed E-state index contributed by atoms with van der Waals surface area (Å²) in [6.45, 7) is 2.17. The Bertz CT molecular complexity index is 726. The zero-order chi connectivity index (χ0) is 20.9. The van der Waals surface area contributed by atoms with Crippen molar-refractivity contribution in [2.24, 2.45) is 4.99 Å². The van der Waals surface area contributed by atoms with Gasteiger partial charge in [0.15, 0.2) is 5.96 Å². The molecule has 0 radical (unpaired) electrons. The van der Waals surface area contributed by atoms with Gasteiger partial charge in [0.2, 0.25) is 0 Å². The smallest absolute Gasteiger partial charge is 0.387 e. The molecule has 2 aromatic rings. The van der Waals surface area contributed by atoms with Gasteiger partial charge >= 0.3 is 6.61 Å². The zero-order valence-electron chi connectivity index (χ0n) is 16.9. The first kappa shape index (κ1) is 22.4. The lowest BCUT2D eigenvalue weighted by Gasteiger charge is -2.22. The van der Waals surface area contributed by atoms with Crippen LogP contribution in [0.4, 0.5) is 14.6 Å². The Hall–Kier alpha value is -2.90. The molecule has 0 bridgehead atoms. The van der Waals surface area contributed by atoms with Gasteiger partial charge < -0.3 is 20.3 Å². The summed E-state index contributed by atoms with van der Waals surface area (Å²) in [7, 11) is 1.95. The molecule has 1 aromatic carbocycles. The molecule has 1 heterocycles. The number of pyridine rings is 1. The number of hydrogen-bond donors (Lipinski definition) is 2. The maximum absolute atomic E-state index is 12.2. The summed E-state index contributed by atoms with van der Waals surface area (Å²) >= 11 is 0. The second-order valence-corrected chi connectivity index (χ2v) is 6.46. The number of hydrogen-bond acceptors (Lipinski definition) is 4. The summed E-state index contributed by atoms with van der Waals surface area (Å²) in [5.41, 5.74) is 0.985. The van der Waals surface area contributed by atoms with Crippen LogP contribution in [0.3, 0.4) is 0 Å². The lowest BCUT2D eigenvalue weighted by atomic mass is 10.2. The van der Waals surface area contributed by atoms with Gasteiger partial charge in [0, 0.05) is 39.4 Å². The topological polar surface area (TPSA) is 61.8 Å². The molecule has 0 amide bonds. The van der Waals surface area contributed by atoms with Crippen molar-refractivity contribution in [1.29, 1.82) is 0 Å². The van der Waals surface area contributed by atoms with Gasteiger partial charge in [-0.05, 0) is 49.6 Å². The van der Waals surface area contributed by atoms with E-state index in [1.54, 1.807) is 30.5 Å². The Morgan fingerprint density at radius 2 is 1.97 bits per heavy atom. The summed E-state index contributed by atoms with van der Waals surface area (Å²) < 4.78 is 28.9. The van der Waals surface area contributed by atoms with Crippen molar-refractivity contribution in [2.75, 3.05) is 32.0 Å². The average Bonchev–Trinajstić information content (AvgIpc) is 2.71. The molecule has 0 spiro atoms. The Morgan fingerprint density at radius 1 is 1.17 bits per heavy atom. The monoisotopic (exact) mass is 405 g/mol. The number of ether oxygens (including phenoxy) is 1. The summed E-state index contributed by atoms with van der Waals surface area (Å²) in [6.07, 6.45) is 3.72. The number of guanidine groups is 1. The van der Waals surface area contributed by atoms with E-state index in [0.717, 1.165) is 49.8 Å². The largest absolute Gasteiger partial charge is 0.435 e. The van der Waals surface area contributed by atoms with Crippen molar-refractivity contribution in [2.45, 2.75) is 32.9 Å². The van der Waals surface area contributed by atoms with E-state index in [1.807, 2.05) is 37.1 Å². The van der Waals surface area contributed by atoms with Gasteiger partial charge in [0.25, 0.3) is 0 Å². The van der Waals surface area contributed by atoms with E-state index in [4.69, 9.17) is 0 Å². The Kier molecular flexibility index (Phi) is 9.68. The number of aromatic nitrogens is 1. The molecule has 2 rings (SSSR count). The molecule has 2 N–H and O–H groups in total. The average molecular weight is 405 g/mol. The first-order chi connectivity index (χ1) is 14.1. The summed E-state index contributed by atoms with van der Waals surface area (Å²) in [6, 6.07) is 12.5. The van der Waals surface area contributed by atoms with Gasteiger partial charge in [-0.3, -0.25) is 4.99 Å². The van der Waals surface area contributed by atoms with Crippen LogP contribution >= 0.6 is 0 Å². The Balaban J connectivity index is 1.77. The highest BCUT2D eigenvalue weighted by molar-refractivity contribution is 5.79. The van der Waals surface area contributed by atoms with Crippen LogP contribution in [0.25, 0.3) is 0 Å². The number of nitrogens with zero attached hydrogens (tertiary/aromatic N) is 3. The molecule has 158 valence electrons. The van der Waals surface area contributed by atoms with E-state index >= 15 is 0 Å². The molecule has 6 nitrogen and oxygen atoms in total. The van der Waals surface area contributed by atoms with Crippen LogP contribution in [0.2, 0.25) is 0 Å². The van der Waals surface area contributed by atoms with E-state index in [9.17, 15) is 8.78 Å². The molecule has 0 saturated heterocycles. The molecule has 0 aliphatic rings. The number of benzene rings is 1. The van der Waals surface area contributed by atoms with Gasteiger partial charge in [-0.15, -0.1) is 0 Å². The van der Waals surface area contributed by atoms with Gasteiger partial charge in [-0.25, -0.2) is 4.98 Å². The van der Waals surface area contributed by atoms with Crippen molar-refractivity contribution in [1.82, 2.24) is 15.2 Å². The van der Waals surface area contributed by atoms with Crippen LogP contribution < -0.4 is 15.4 Å². The standard InChI is InChI=1S/C21H29F2N5O/c1-3-24-21(27-15-7-6-14-26-19-8-4-5-13-25-19)28(2)16-17-9-11-18(12-10-17)29-20(22)23/h4-5,8-13,20H,3,6-7,14-16H2,1-2H3,(H,24,27)(H,25,26). The number of nitrogens with one attached hydrogen (secondary N) is 2. The van der Waals surface area contributed by atoms with Gasteiger partial charge in [0.1, 0.15) is 11.6 Å². The normalized spacial score (nSPS) is 11.4. The number of aliphatic imine (C=N–C) groups is 1. The Labute approximate surface area is 171 Å². The Morgan fingerprint density at radius 3 is 2.62 bits per heavy atom. The third-order valence-electron chi connectivity index (χ3n) is 4.08. The minimum Gasteiger partial charge on any atom is -0.435 e. The number of halogens is 2. The van der Waals surface area contributed by atoms with E-state index in [1.165, 1.54) is 0 Å². The molecule has 0 unspecified atom stereocenters. The van der Waals surface area contributed by atoms with E-state index < -0.39 is 6.61 Å². The van der Waals surface area contributed by atoms with Crippen molar-refractivity contribution in [3.8, 4) is 5.75 Å². The first-order valence-electron chi connectivity index (χ1n) is 9.76. The summed E-state index contributed by atoms with van der Waals surface area (Å²) in [4.78, 5) is 10.9. The molecule has 0 atom stereocenters. The van der Waals surface area contributed by atoms with Crippen LogP contribution in [-0.4, -0.2) is 49.1 Å². The van der Waals surface area contributed by atoms with Crippen molar-refractivity contribution in [3.63, 3.8) is 0 Å². The third-order valence-corrected chi connectivity index (χ3v) is 4.08. The highest BCUT2D eigenvalue weighted by atomic mass is 19.3. The SMILES string of the molecule is CCNC(=NCCCCNc1ccccn1)N(C)Cc1ccc(OC(F)F)cc1. The predicted molar refractivity (Wildman–Crippen MR) is 112 cm³/mol. The van der Waals surface area contributed by atoms with Crippen molar-refractivity contribution < 1.29 is 13.5 Å². The molecule has 0 aliphatic heterocycles. The van der Waals surface area contributed by atoms with Gasteiger partial charge in [-0.1, -0.05) is 18.2 Å². The summed E-state index contributed by atoms with van der Waals surface area (Å²) in [5, 5.41) is 6.57. The van der Waals surface area contributed by atoms with Crippen LogP contribution in [0.1, 0.15) is 25.3 Å². The molecule has 8 heteroatoms. The van der Waals surface area contributed by atoms with Crippen LogP contribution in [0, 0.1) is 0 Å². The van der Waals surface area contributed by atoms with Crippen LogP contribution in [-0.2, 0) is 6.54 Å². The number of anilines is 1. The highest BCUT2D eigenvalue weighted by Crippen LogP contribution is 2.15. The fraction of sp³-hybridized carbons (Fsp3) is 0.429. The molecule has 0 fully saturated rings. The van der Waals surface area contributed by atoms with Crippen LogP contribution in [0.5, 0.6) is 5.75 Å². The molecular formula is C21H29F2N5O. The lowest BCUT2D eigenvalue weighted by molar-refractivity contribution is -0.0498. The zero-order valence-corrected chi connectivity index (χ0v) is 16.9. The maximum Gasteiger partial charge on any atom is 0.387 e. The first-order valence-corrected chi connectivity index (χ1v) is 9.76. The van der Waals surface area contributed by atoms with Crippen molar-refractivity contribution >= 4 is 11.8 Å². The highest BCUT2D eigenvalue weighted by Gasteiger charge is 2.08. The summed E-state index contributed by atoms with van der Waals surface area (Å²) in [5.74, 6) is 1.86. The number of unbranched alkanes of at least 4 members (excludes halogenated alkanes) is 1. The molecular weight excluding hydrogens is 376 g/mol. The second kappa shape index (κ2) is 12.5. The molecule has 1 aromatic heterocycles. The van der Waals surface area contributed by atoms with Gasteiger partial charge in [-0.2, -0.15) is 8.78 Å². The van der Waals surface area contributed by atoms with E-state index in [2.05, 4.69) is 25.3 Å². The molecule has 0 saturated carbocycles. The minimum absolute atomic E-state index is 0.159. The molecule has 0 aliphatic carbocycles. The fourth-order valence-corrected chi connectivity index (χ4v) is 2.70. The number of rotatable bonds is 11. The van der Waals surface area contributed by atoms with E-state index in [-0.39, 0.29) is 5.75 Å². The van der Waals surface area contributed by atoms with Gasteiger partial charge in [0.05, 0.1) is 0 Å². The maximum atomic E-state index is 12.2. The lowest BCUT2D eigenvalue weighted by Crippen LogP contribution is -2.38. The predicted octanol–water partition coefficient (Wildman–Crippen LogP) is 3.97. The quantitative estimate of drug-likeness (QED) is 0.336. The van der Waals surface area contributed by atoms with Crippen molar-refractivity contribution in [3.05, 3.63) is 54.2 Å². The second-order valence-electron chi connectivity index (χ2n) is 6.46. The van der Waals surface area contributed by atoms with Crippen LogP contribution in [0.15, 0.2) is 53.7 Å². The number of alkyl halides is 2. The van der Waals surface area contributed by atoms with E-state index in [0.29, 0.717) is 6.54 Å². The third kappa shape index (κ3) is 8.76. The fourth-order valence-electron chi connectivity index (χ4n) is 2.70.